The van der Waals surface area contributed by atoms with Crippen LogP contribution >= 0.6 is 0 Å². The number of benzene rings is 1. The Morgan fingerprint density at radius 1 is 1.32 bits per heavy atom. The van der Waals surface area contributed by atoms with Crippen molar-refractivity contribution in [3.05, 3.63) is 29.8 Å². The topological polar surface area (TPSA) is 60.3 Å². The molecule has 0 amide bonds. The van der Waals surface area contributed by atoms with Crippen LogP contribution in [0.1, 0.15) is 31.7 Å². The molecule has 6 nitrogen and oxygen atoms in total. The van der Waals surface area contributed by atoms with E-state index < -0.39 is 6.10 Å². The minimum Gasteiger partial charge on any atom is -0.491 e. The second kappa shape index (κ2) is 10.7. The van der Waals surface area contributed by atoms with Gasteiger partial charge in [-0.15, -0.1) is 0 Å². The molecule has 2 N–H and O–H groups in total. The first-order valence-corrected chi connectivity index (χ1v) is 10.8. The average Bonchev–Trinajstić information content (AvgIpc) is 3.36. The van der Waals surface area contributed by atoms with Crippen molar-refractivity contribution in [1.82, 2.24) is 15.1 Å². The molecule has 6 heteroatoms. The number of guanidine groups is 1. The molecule has 0 radical (unpaired) electrons. The van der Waals surface area contributed by atoms with Crippen LogP contribution in [0.25, 0.3) is 0 Å². The van der Waals surface area contributed by atoms with Crippen molar-refractivity contribution in [2.75, 3.05) is 52.4 Å². The molecule has 3 rings (SSSR count). The van der Waals surface area contributed by atoms with E-state index in [9.17, 15) is 5.11 Å². The van der Waals surface area contributed by atoms with Crippen LogP contribution in [0.5, 0.6) is 5.75 Å². The van der Waals surface area contributed by atoms with Crippen LogP contribution < -0.4 is 10.1 Å². The van der Waals surface area contributed by atoms with Crippen molar-refractivity contribution in [1.29, 1.82) is 0 Å². The van der Waals surface area contributed by atoms with E-state index in [4.69, 9.17) is 4.74 Å². The predicted octanol–water partition coefficient (Wildman–Crippen LogP) is 2.12. The highest BCUT2D eigenvalue weighted by molar-refractivity contribution is 5.80. The molecule has 28 heavy (non-hydrogen) atoms. The first kappa shape index (κ1) is 20.9. The molecule has 2 atom stereocenters. The first-order chi connectivity index (χ1) is 13.6. The summed E-state index contributed by atoms with van der Waals surface area (Å²) >= 11 is 0. The van der Waals surface area contributed by atoms with Crippen molar-refractivity contribution >= 4 is 5.96 Å². The van der Waals surface area contributed by atoms with Crippen LogP contribution in [0.3, 0.4) is 0 Å². The average molecular weight is 389 g/mol. The molecule has 2 aliphatic rings. The fourth-order valence-electron chi connectivity index (χ4n) is 4.07. The number of hydrogen-bond donors (Lipinski definition) is 2. The summed E-state index contributed by atoms with van der Waals surface area (Å²) in [6.45, 7) is 11.4. The van der Waals surface area contributed by atoms with Crippen LogP contribution in [-0.2, 0) is 0 Å². The lowest BCUT2D eigenvalue weighted by molar-refractivity contribution is 0.114. The molecule has 2 heterocycles. The number of hydrogen-bond acceptors (Lipinski definition) is 4. The van der Waals surface area contributed by atoms with Crippen LogP contribution in [0, 0.1) is 12.8 Å². The lowest BCUT2D eigenvalue weighted by Crippen LogP contribution is -2.41. The monoisotopic (exact) mass is 388 g/mol. The Balaban J connectivity index is 1.46. The van der Waals surface area contributed by atoms with Crippen LogP contribution in [0.4, 0.5) is 0 Å². The molecule has 2 aliphatic heterocycles. The summed E-state index contributed by atoms with van der Waals surface area (Å²) < 4.78 is 5.70. The maximum absolute atomic E-state index is 10.3. The Bertz CT molecular complexity index is 631. The second-order valence-corrected chi connectivity index (χ2v) is 8.08. The minimum absolute atomic E-state index is 0.254. The number of rotatable bonds is 8. The summed E-state index contributed by atoms with van der Waals surface area (Å²) in [6.07, 6.45) is 3.31. The molecule has 0 bridgehead atoms. The lowest BCUT2D eigenvalue weighted by atomic mass is 10.1. The molecule has 156 valence electrons. The summed E-state index contributed by atoms with van der Waals surface area (Å²) in [5.74, 6) is 2.43. The fourth-order valence-corrected chi connectivity index (χ4v) is 4.07. The van der Waals surface area contributed by atoms with E-state index in [0.717, 1.165) is 42.8 Å². The maximum atomic E-state index is 10.3. The summed E-state index contributed by atoms with van der Waals surface area (Å²) in [7, 11) is 0. The Morgan fingerprint density at radius 2 is 2.14 bits per heavy atom. The van der Waals surface area contributed by atoms with Gasteiger partial charge < -0.3 is 25.0 Å². The normalized spacial score (nSPS) is 21.9. The maximum Gasteiger partial charge on any atom is 0.194 e. The predicted molar refractivity (Wildman–Crippen MR) is 114 cm³/mol. The second-order valence-electron chi connectivity index (χ2n) is 8.08. The highest BCUT2D eigenvalue weighted by Crippen LogP contribution is 2.20. The number of ether oxygens (including phenoxy) is 1. The number of aryl methyl sites for hydroxylation is 1. The number of nitrogens with zero attached hydrogens (tertiary/aromatic N) is 3. The third-order valence-electron chi connectivity index (χ3n) is 5.52. The molecule has 1 aromatic carbocycles. The van der Waals surface area contributed by atoms with Crippen molar-refractivity contribution in [3.63, 3.8) is 0 Å². The minimum atomic E-state index is -0.614. The summed E-state index contributed by atoms with van der Waals surface area (Å²) in [6, 6.07) is 7.89. The summed E-state index contributed by atoms with van der Waals surface area (Å²) in [5.41, 5.74) is 1.15. The lowest BCUT2D eigenvalue weighted by Gasteiger charge is -2.23. The van der Waals surface area contributed by atoms with Crippen molar-refractivity contribution in [3.8, 4) is 5.75 Å². The Hall–Kier alpha value is -1.79. The zero-order valence-electron chi connectivity index (χ0n) is 17.4. The quantitative estimate of drug-likeness (QED) is 0.528. The number of aliphatic hydroxyl groups is 1. The van der Waals surface area contributed by atoms with Gasteiger partial charge in [0.15, 0.2) is 5.96 Å². The van der Waals surface area contributed by atoms with Crippen molar-refractivity contribution in [2.45, 2.75) is 39.2 Å². The smallest absolute Gasteiger partial charge is 0.194 e. The Labute approximate surface area is 169 Å². The molecule has 0 spiro atoms. The van der Waals surface area contributed by atoms with Gasteiger partial charge >= 0.3 is 0 Å². The molecule has 0 saturated carbocycles. The third-order valence-corrected chi connectivity index (χ3v) is 5.52. The standard InChI is InChI=1S/C22H36N4O2/c1-3-23-22(26-12-9-19(16-26)15-25-10-4-5-11-25)24-14-20(27)17-28-21-8-6-7-18(2)13-21/h6-8,13,19-20,27H,3-5,9-12,14-17H2,1-2H3,(H,23,24). The van der Waals surface area contributed by atoms with Gasteiger partial charge in [-0.05, 0) is 69.8 Å². The van der Waals surface area contributed by atoms with Crippen molar-refractivity contribution in [2.24, 2.45) is 10.9 Å². The fraction of sp³-hybridized carbons (Fsp3) is 0.682. The van der Waals surface area contributed by atoms with E-state index in [2.05, 4.69) is 27.0 Å². The molecule has 2 saturated heterocycles. The molecule has 1 aromatic rings. The summed E-state index contributed by atoms with van der Waals surface area (Å²) in [5, 5.41) is 13.7. The van der Waals surface area contributed by atoms with Gasteiger partial charge in [0, 0.05) is 26.2 Å². The zero-order valence-corrected chi connectivity index (χ0v) is 17.4. The van der Waals surface area contributed by atoms with E-state index >= 15 is 0 Å². The van der Waals surface area contributed by atoms with E-state index in [0.29, 0.717) is 6.54 Å². The van der Waals surface area contributed by atoms with Gasteiger partial charge in [-0.1, -0.05) is 12.1 Å². The van der Waals surface area contributed by atoms with E-state index in [1.54, 1.807) is 0 Å². The zero-order chi connectivity index (χ0) is 19.8. The van der Waals surface area contributed by atoms with E-state index in [-0.39, 0.29) is 6.61 Å². The number of nitrogens with one attached hydrogen (secondary N) is 1. The van der Waals surface area contributed by atoms with Gasteiger partial charge in [-0.2, -0.15) is 0 Å². The van der Waals surface area contributed by atoms with Crippen molar-refractivity contribution < 1.29 is 9.84 Å². The molecule has 2 fully saturated rings. The van der Waals surface area contributed by atoms with Gasteiger partial charge in [-0.3, -0.25) is 4.99 Å². The molecular formula is C22H36N4O2. The highest BCUT2D eigenvalue weighted by atomic mass is 16.5. The van der Waals surface area contributed by atoms with Gasteiger partial charge in [0.2, 0.25) is 0 Å². The van der Waals surface area contributed by atoms with Gasteiger partial charge in [0.1, 0.15) is 18.5 Å². The van der Waals surface area contributed by atoms with Crippen LogP contribution in [-0.4, -0.2) is 79.4 Å². The van der Waals surface area contributed by atoms with Gasteiger partial charge in [0.05, 0.1) is 6.54 Å². The summed E-state index contributed by atoms with van der Waals surface area (Å²) in [4.78, 5) is 9.63. The number of aliphatic hydroxyl groups excluding tert-OH is 1. The Kier molecular flexibility index (Phi) is 7.98. The third kappa shape index (κ3) is 6.38. The Morgan fingerprint density at radius 3 is 2.89 bits per heavy atom. The van der Waals surface area contributed by atoms with Crippen LogP contribution in [0.2, 0.25) is 0 Å². The number of aliphatic imine (C=N–C) groups is 1. The van der Waals surface area contributed by atoms with E-state index in [1.165, 1.54) is 38.9 Å². The van der Waals surface area contributed by atoms with Gasteiger partial charge in [0.25, 0.3) is 0 Å². The largest absolute Gasteiger partial charge is 0.491 e. The molecule has 2 unspecified atom stereocenters. The van der Waals surface area contributed by atoms with Crippen LogP contribution in [0.15, 0.2) is 29.3 Å². The SMILES string of the molecule is CCNC(=NCC(O)COc1cccc(C)c1)N1CCC(CN2CCCC2)C1. The highest BCUT2D eigenvalue weighted by Gasteiger charge is 2.27. The molecule has 0 aromatic heterocycles. The molecule has 0 aliphatic carbocycles. The number of likely N-dealkylation sites (tertiary alicyclic amines) is 2. The van der Waals surface area contributed by atoms with Gasteiger partial charge in [-0.25, -0.2) is 0 Å². The molecular weight excluding hydrogens is 352 g/mol. The van der Waals surface area contributed by atoms with E-state index in [1.807, 2.05) is 31.2 Å². The first-order valence-electron chi connectivity index (χ1n) is 10.8.